The van der Waals surface area contributed by atoms with E-state index in [-0.39, 0.29) is 0 Å². The van der Waals surface area contributed by atoms with Gasteiger partial charge in [-0.2, -0.15) is 0 Å². The van der Waals surface area contributed by atoms with Gasteiger partial charge < -0.3 is 4.74 Å². The van der Waals surface area contributed by atoms with E-state index in [1.807, 2.05) is 13.8 Å². The number of hydrogen-bond acceptors (Lipinski definition) is 2. The van der Waals surface area contributed by atoms with Crippen LogP contribution >= 0.6 is 0 Å². The van der Waals surface area contributed by atoms with Gasteiger partial charge in [0.15, 0.2) is 0 Å². The molecule has 0 atom stereocenters. The average Bonchev–Trinajstić information content (AvgIpc) is 2.05. The van der Waals surface area contributed by atoms with E-state index >= 15 is 0 Å². The molecule has 0 aromatic heterocycles. The lowest BCUT2D eigenvalue weighted by molar-refractivity contribution is 0.402. The van der Waals surface area contributed by atoms with Gasteiger partial charge in [-0.25, -0.2) is 4.99 Å². The summed E-state index contributed by atoms with van der Waals surface area (Å²) in [6, 6.07) is 0. The molecule has 0 unspecified atom stereocenters. The average molecular weight is 165 g/mol. The van der Waals surface area contributed by atoms with Crippen molar-refractivity contribution in [3.63, 3.8) is 0 Å². The highest BCUT2D eigenvalue weighted by Gasteiger charge is 2.03. The summed E-state index contributed by atoms with van der Waals surface area (Å²) >= 11 is 0. The molecule has 0 saturated heterocycles. The van der Waals surface area contributed by atoms with Crippen molar-refractivity contribution in [2.24, 2.45) is 4.99 Å². The van der Waals surface area contributed by atoms with Gasteiger partial charge in [0, 0.05) is 11.3 Å². The Balaban J connectivity index is 2.93. The first kappa shape index (κ1) is 9.04. The number of allylic oxidation sites excluding steroid dienone is 3. The Bertz CT molecular complexity index is 249. The van der Waals surface area contributed by atoms with Gasteiger partial charge in [-0.05, 0) is 26.7 Å². The van der Waals surface area contributed by atoms with Crippen molar-refractivity contribution < 1.29 is 4.74 Å². The van der Waals surface area contributed by atoms with Gasteiger partial charge in [-0.15, -0.1) is 0 Å². The zero-order chi connectivity index (χ0) is 8.97. The van der Waals surface area contributed by atoms with Crippen molar-refractivity contribution in [2.45, 2.75) is 26.7 Å². The number of hydrogen-bond donors (Lipinski definition) is 0. The van der Waals surface area contributed by atoms with E-state index in [9.17, 15) is 0 Å². The highest BCUT2D eigenvalue weighted by Crippen LogP contribution is 2.11. The molecule has 2 nitrogen and oxygen atoms in total. The molecular formula is C10H15NO. The molecule has 0 radical (unpaired) electrons. The maximum absolute atomic E-state index is 5.15. The smallest absolute Gasteiger partial charge is 0.215 e. The van der Waals surface area contributed by atoms with Crippen LogP contribution in [0.5, 0.6) is 0 Å². The fraction of sp³-hybridized carbons (Fsp3) is 0.500. The molecule has 12 heavy (non-hydrogen) atoms. The second-order valence-electron chi connectivity index (χ2n) is 2.93. The molecular weight excluding hydrogens is 150 g/mol. The fourth-order valence-electron chi connectivity index (χ4n) is 1.18. The number of rotatable bonds is 0. The molecule has 0 bridgehead atoms. The van der Waals surface area contributed by atoms with Crippen LogP contribution in [0.15, 0.2) is 28.4 Å². The minimum atomic E-state index is 0.739. The first-order chi connectivity index (χ1) is 5.74. The molecule has 1 rings (SSSR count). The zero-order valence-electron chi connectivity index (χ0n) is 7.92. The van der Waals surface area contributed by atoms with Crippen LogP contribution in [0, 0.1) is 0 Å². The third-order valence-corrected chi connectivity index (χ3v) is 1.87. The molecule has 1 heterocycles. The lowest BCUT2D eigenvalue weighted by Crippen LogP contribution is -2.04. The highest BCUT2D eigenvalue weighted by molar-refractivity contribution is 5.93. The maximum Gasteiger partial charge on any atom is 0.215 e. The van der Waals surface area contributed by atoms with Gasteiger partial charge in [-0.3, -0.25) is 0 Å². The molecule has 0 spiro atoms. The molecule has 0 aliphatic carbocycles. The number of nitrogens with zero attached hydrogens (tertiary/aromatic N) is 1. The van der Waals surface area contributed by atoms with Gasteiger partial charge in [-0.1, -0.05) is 12.2 Å². The summed E-state index contributed by atoms with van der Waals surface area (Å²) in [5.74, 6) is 0.739. The van der Waals surface area contributed by atoms with Gasteiger partial charge in [0.2, 0.25) is 5.90 Å². The Morgan fingerprint density at radius 1 is 1.25 bits per heavy atom. The van der Waals surface area contributed by atoms with Crippen LogP contribution < -0.4 is 0 Å². The Labute approximate surface area is 73.6 Å². The van der Waals surface area contributed by atoms with Crippen LogP contribution in [0.25, 0.3) is 0 Å². The van der Waals surface area contributed by atoms with E-state index in [1.54, 1.807) is 7.11 Å². The van der Waals surface area contributed by atoms with E-state index in [2.05, 4.69) is 17.1 Å². The predicted molar refractivity (Wildman–Crippen MR) is 51.2 cm³/mol. The molecule has 1 aliphatic rings. The molecule has 66 valence electrons. The summed E-state index contributed by atoms with van der Waals surface area (Å²) < 4.78 is 5.15. The molecule has 0 N–H and O–H groups in total. The van der Waals surface area contributed by atoms with Crippen molar-refractivity contribution >= 4 is 5.90 Å². The third kappa shape index (κ3) is 2.22. The van der Waals surface area contributed by atoms with Gasteiger partial charge in [0.1, 0.15) is 0 Å². The first-order valence-electron chi connectivity index (χ1n) is 4.20. The van der Waals surface area contributed by atoms with Crippen molar-refractivity contribution in [1.82, 2.24) is 0 Å². The summed E-state index contributed by atoms with van der Waals surface area (Å²) in [6.45, 7) is 4.03. The lowest BCUT2D eigenvalue weighted by Gasteiger charge is -2.07. The highest BCUT2D eigenvalue weighted by atomic mass is 16.5. The third-order valence-electron chi connectivity index (χ3n) is 1.87. The Hall–Kier alpha value is -1.05. The summed E-state index contributed by atoms with van der Waals surface area (Å²) in [5.41, 5.74) is 2.17. The Kier molecular flexibility index (Phi) is 3.09. The van der Waals surface area contributed by atoms with E-state index in [4.69, 9.17) is 4.74 Å². The predicted octanol–water partition coefficient (Wildman–Crippen LogP) is 2.68. The largest absolute Gasteiger partial charge is 0.481 e. The second-order valence-corrected chi connectivity index (χ2v) is 2.93. The molecule has 0 saturated carbocycles. The van der Waals surface area contributed by atoms with Gasteiger partial charge in [0.05, 0.1) is 7.11 Å². The molecule has 0 aromatic rings. The minimum Gasteiger partial charge on any atom is -0.481 e. The van der Waals surface area contributed by atoms with Crippen LogP contribution in [-0.2, 0) is 4.74 Å². The number of aliphatic imine (C=N–C) groups is 1. The quantitative estimate of drug-likeness (QED) is 0.540. The molecule has 1 aliphatic heterocycles. The van der Waals surface area contributed by atoms with Crippen LogP contribution in [0.4, 0.5) is 0 Å². The first-order valence-corrected chi connectivity index (χ1v) is 4.20. The fourth-order valence-corrected chi connectivity index (χ4v) is 1.18. The molecule has 0 amide bonds. The Morgan fingerprint density at radius 3 is 2.58 bits per heavy atom. The molecule has 0 fully saturated rings. The van der Waals surface area contributed by atoms with Crippen molar-refractivity contribution in [2.75, 3.05) is 7.11 Å². The van der Waals surface area contributed by atoms with Crippen LogP contribution in [-0.4, -0.2) is 13.0 Å². The summed E-state index contributed by atoms with van der Waals surface area (Å²) in [5, 5.41) is 0. The number of ether oxygens (including phenoxy) is 1. The standard InChI is InChI=1S/C10H15NO/c1-8-6-4-5-7-9(2)11-10(8)12-3/h6-7H,4-5H2,1-3H3/b8-6+,9-7+,11-10+. The molecule has 0 aromatic carbocycles. The normalized spacial score (nSPS) is 31.4. The second kappa shape index (κ2) is 4.10. The SMILES string of the molecule is COC1=N/C(C)=C/CC\C=C\1C. The topological polar surface area (TPSA) is 21.6 Å². The van der Waals surface area contributed by atoms with Crippen LogP contribution in [0.2, 0.25) is 0 Å². The Morgan fingerprint density at radius 2 is 1.92 bits per heavy atom. The lowest BCUT2D eigenvalue weighted by atomic mass is 10.1. The van der Waals surface area contributed by atoms with Crippen LogP contribution in [0.1, 0.15) is 26.7 Å². The van der Waals surface area contributed by atoms with Crippen molar-refractivity contribution in [1.29, 1.82) is 0 Å². The van der Waals surface area contributed by atoms with E-state index in [1.165, 1.54) is 0 Å². The van der Waals surface area contributed by atoms with Gasteiger partial charge in [0.25, 0.3) is 0 Å². The summed E-state index contributed by atoms with van der Waals surface area (Å²) in [6.07, 6.45) is 6.43. The van der Waals surface area contributed by atoms with Gasteiger partial charge >= 0.3 is 0 Å². The monoisotopic (exact) mass is 165 g/mol. The maximum atomic E-state index is 5.15. The summed E-state index contributed by atoms with van der Waals surface area (Å²) in [7, 11) is 1.66. The van der Waals surface area contributed by atoms with E-state index in [0.29, 0.717) is 0 Å². The van der Waals surface area contributed by atoms with Crippen LogP contribution in [0.3, 0.4) is 0 Å². The number of methoxy groups -OCH3 is 1. The van der Waals surface area contributed by atoms with Crippen molar-refractivity contribution in [3.8, 4) is 0 Å². The summed E-state index contributed by atoms with van der Waals surface area (Å²) in [4.78, 5) is 4.32. The minimum absolute atomic E-state index is 0.739. The van der Waals surface area contributed by atoms with E-state index < -0.39 is 0 Å². The van der Waals surface area contributed by atoms with Crippen molar-refractivity contribution in [3.05, 3.63) is 23.4 Å². The van der Waals surface area contributed by atoms with E-state index in [0.717, 1.165) is 30.0 Å². The zero-order valence-corrected chi connectivity index (χ0v) is 7.92. The molecule has 2 heteroatoms.